The summed E-state index contributed by atoms with van der Waals surface area (Å²) in [5.74, 6) is 1.11. The van der Waals surface area contributed by atoms with Crippen molar-refractivity contribution in [2.24, 2.45) is 0 Å². The normalized spacial score (nSPS) is 17.3. The van der Waals surface area contributed by atoms with Gasteiger partial charge >= 0.3 is 0 Å². The Morgan fingerprint density at radius 1 is 1.24 bits per heavy atom. The van der Waals surface area contributed by atoms with Crippen LogP contribution < -0.4 is 0 Å². The molecule has 1 fully saturated rings. The van der Waals surface area contributed by atoms with E-state index in [4.69, 9.17) is 11.6 Å². The monoisotopic (exact) mass is 374 g/mol. The number of carbonyl (C=O) groups is 1. The molecule has 3 rings (SSSR count). The molecule has 0 unspecified atom stereocenters. The number of hydrogen-bond acceptors (Lipinski definition) is 3. The van der Waals surface area contributed by atoms with Crippen molar-refractivity contribution in [3.63, 3.8) is 0 Å². The third-order valence-corrected chi connectivity index (χ3v) is 6.08. The lowest BCUT2D eigenvalue weighted by atomic mass is 10.1. The Labute approximate surface area is 159 Å². The fraction of sp³-hybridized carbons (Fsp3) is 0.350. The van der Waals surface area contributed by atoms with Gasteiger partial charge < -0.3 is 4.90 Å². The fourth-order valence-corrected chi connectivity index (χ4v) is 4.73. The van der Waals surface area contributed by atoms with Crippen molar-refractivity contribution in [3.8, 4) is 0 Å². The SMILES string of the molecule is Cc1ccccc1CN(C)CC(=O)N1CCS[C@H]1c1ccccc1Cl. The lowest BCUT2D eigenvalue weighted by molar-refractivity contribution is -0.132. The van der Waals surface area contributed by atoms with E-state index >= 15 is 0 Å². The molecule has 25 heavy (non-hydrogen) atoms. The van der Waals surface area contributed by atoms with Crippen LogP contribution in [-0.4, -0.2) is 41.6 Å². The van der Waals surface area contributed by atoms with Crippen LogP contribution in [0.1, 0.15) is 22.1 Å². The van der Waals surface area contributed by atoms with E-state index in [-0.39, 0.29) is 11.3 Å². The molecule has 2 aromatic carbocycles. The Morgan fingerprint density at radius 3 is 2.72 bits per heavy atom. The summed E-state index contributed by atoms with van der Waals surface area (Å²) >= 11 is 8.12. The predicted molar refractivity (Wildman–Crippen MR) is 106 cm³/mol. The van der Waals surface area contributed by atoms with Crippen LogP contribution in [0.15, 0.2) is 48.5 Å². The van der Waals surface area contributed by atoms with Crippen molar-refractivity contribution in [1.29, 1.82) is 0 Å². The molecular formula is C20H23ClN2OS. The smallest absolute Gasteiger partial charge is 0.237 e. The van der Waals surface area contributed by atoms with Gasteiger partial charge in [0.05, 0.1) is 6.54 Å². The van der Waals surface area contributed by atoms with E-state index in [2.05, 4.69) is 24.0 Å². The highest BCUT2D eigenvalue weighted by Crippen LogP contribution is 2.40. The van der Waals surface area contributed by atoms with E-state index in [0.29, 0.717) is 6.54 Å². The molecule has 0 bridgehead atoms. The molecule has 1 aliphatic rings. The molecular weight excluding hydrogens is 352 g/mol. The van der Waals surface area contributed by atoms with Gasteiger partial charge in [0.1, 0.15) is 5.37 Å². The molecule has 0 N–H and O–H groups in total. The number of carbonyl (C=O) groups excluding carboxylic acids is 1. The molecule has 1 amide bonds. The Bertz CT molecular complexity index is 752. The maximum absolute atomic E-state index is 12.9. The van der Waals surface area contributed by atoms with Crippen LogP contribution in [0, 0.1) is 6.92 Å². The minimum absolute atomic E-state index is 0.0214. The number of nitrogens with zero attached hydrogens (tertiary/aromatic N) is 2. The summed E-state index contributed by atoms with van der Waals surface area (Å²) < 4.78 is 0. The molecule has 2 aromatic rings. The minimum atomic E-state index is 0.0214. The number of rotatable bonds is 5. The highest BCUT2D eigenvalue weighted by Gasteiger charge is 2.32. The molecule has 1 aliphatic heterocycles. The van der Waals surface area contributed by atoms with E-state index in [1.54, 1.807) is 11.8 Å². The highest BCUT2D eigenvalue weighted by atomic mass is 35.5. The molecule has 3 nitrogen and oxygen atoms in total. The Kier molecular flexibility index (Phi) is 6.05. The molecule has 1 atom stereocenters. The molecule has 132 valence electrons. The molecule has 0 aliphatic carbocycles. The Morgan fingerprint density at radius 2 is 1.96 bits per heavy atom. The molecule has 0 aromatic heterocycles. The van der Waals surface area contributed by atoms with Crippen LogP contribution >= 0.6 is 23.4 Å². The minimum Gasteiger partial charge on any atom is -0.325 e. The number of amides is 1. The summed E-state index contributed by atoms with van der Waals surface area (Å²) in [4.78, 5) is 16.9. The van der Waals surface area contributed by atoms with Gasteiger partial charge in [-0.2, -0.15) is 0 Å². The maximum Gasteiger partial charge on any atom is 0.237 e. The van der Waals surface area contributed by atoms with Crippen LogP contribution in [0.25, 0.3) is 0 Å². The largest absolute Gasteiger partial charge is 0.325 e. The van der Waals surface area contributed by atoms with Crippen molar-refractivity contribution < 1.29 is 4.79 Å². The van der Waals surface area contributed by atoms with E-state index in [9.17, 15) is 4.79 Å². The summed E-state index contributed by atoms with van der Waals surface area (Å²) in [7, 11) is 2.00. The summed E-state index contributed by atoms with van der Waals surface area (Å²) in [6, 6.07) is 16.1. The lowest BCUT2D eigenvalue weighted by Gasteiger charge is -2.27. The molecule has 5 heteroatoms. The fourth-order valence-electron chi connectivity index (χ4n) is 3.11. The number of thioether (sulfide) groups is 1. The van der Waals surface area contributed by atoms with E-state index in [1.807, 2.05) is 48.3 Å². The van der Waals surface area contributed by atoms with Crippen LogP contribution in [0.3, 0.4) is 0 Å². The maximum atomic E-state index is 12.9. The zero-order valence-corrected chi connectivity index (χ0v) is 16.2. The summed E-state index contributed by atoms with van der Waals surface area (Å²) in [6.45, 7) is 4.07. The van der Waals surface area contributed by atoms with Crippen LogP contribution in [0.5, 0.6) is 0 Å². The summed E-state index contributed by atoms with van der Waals surface area (Å²) in [5, 5.41) is 0.751. The van der Waals surface area contributed by atoms with Gasteiger partial charge in [-0.25, -0.2) is 0 Å². The number of likely N-dealkylation sites (N-methyl/N-ethyl adjacent to an activating group) is 1. The zero-order chi connectivity index (χ0) is 17.8. The third-order valence-electron chi connectivity index (χ3n) is 4.49. The first-order valence-electron chi connectivity index (χ1n) is 8.45. The van der Waals surface area contributed by atoms with E-state index in [0.717, 1.165) is 29.4 Å². The van der Waals surface area contributed by atoms with Crippen molar-refractivity contribution in [2.45, 2.75) is 18.8 Å². The second-order valence-electron chi connectivity index (χ2n) is 6.43. The Balaban J connectivity index is 1.66. The van der Waals surface area contributed by atoms with Crippen molar-refractivity contribution in [2.75, 3.05) is 25.9 Å². The van der Waals surface area contributed by atoms with Gasteiger partial charge in [-0.1, -0.05) is 54.1 Å². The molecule has 0 spiro atoms. The number of halogens is 1. The van der Waals surface area contributed by atoms with Gasteiger partial charge in [0, 0.05) is 29.4 Å². The van der Waals surface area contributed by atoms with Gasteiger partial charge in [-0.3, -0.25) is 9.69 Å². The molecule has 0 radical (unpaired) electrons. The predicted octanol–water partition coefficient (Wildman–Crippen LogP) is 4.35. The highest BCUT2D eigenvalue weighted by molar-refractivity contribution is 7.99. The number of benzene rings is 2. The van der Waals surface area contributed by atoms with Crippen LogP contribution in [-0.2, 0) is 11.3 Å². The summed E-state index contributed by atoms with van der Waals surface area (Å²) in [6.07, 6.45) is 0. The van der Waals surface area contributed by atoms with Gasteiger partial charge in [0.2, 0.25) is 5.91 Å². The molecule has 1 saturated heterocycles. The van der Waals surface area contributed by atoms with Gasteiger partial charge in [-0.15, -0.1) is 11.8 Å². The van der Waals surface area contributed by atoms with Gasteiger partial charge in [0.25, 0.3) is 0 Å². The third kappa shape index (κ3) is 4.38. The van der Waals surface area contributed by atoms with E-state index in [1.165, 1.54) is 11.1 Å². The molecule has 1 heterocycles. The first kappa shape index (κ1) is 18.3. The zero-order valence-electron chi connectivity index (χ0n) is 14.6. The standard InChI is InChI=1S/C20H23ClN2OS/c1-15-7-3-4-8-16(15)13-22(2)14-19(24)23-11-12-25-20(23)17-9-5-6-10-18(17)21/h3-10,20H,11-14H2,1-2H3/t20-/m0/s1. The average Bonchev–Trinajstić information content (AvgIpc) is 3.07. The van der Waals surface area contributed by atoms with Crippen LogP contribution in [0.2, 0.25) is 5.02 Å². The number of hydrogen-bond donors (Lipinski definition) is 0. The van der Waals surface area contributed by atoms with Crippen molar-refractivity contribution in [3.05, 3.63) is 70.2 Å². The second-order valence-corrected chi connectivity index (χ2v) is 8.03. The second kappa shape index (κ2) is 8.26. The van der Waals surface area contributed by atoms with Gasteiger partial charge in [-0.05, 0) is 31.2 Å². The van der Waals surface area contributed by atoms with Crippen molar-refractivity contribution in [1.82, 2.24) is 9.80 Å². The first-order valence-corrected chi connectivity index (χ1v) is 9.87. The first-order chi connectivity index (χ1) is 12.1. The van der Waals surface area contributed by atoms with E-state index < -0.39 is 0 Å². The van der Waals surface area contributed by atoms with Crippen LogP contribution in [0.4, 0.5) is 0 Å². The van der Waals surface area contributed by atoms with Crippen molar-refractivity contribution >= 4 is 29.3 Å². The molecule has 0 saturated carbocycles. The quantitative estimate of drug-likeness (QED) is 0.777. The summed E-state index contributed by atoms with van der Waals surface area (Å²) in [5.41, 5.74) is 3.55. The lowest BCUT2D eigenvalue weighted by Crippen LogP contribution is -2.38. The van der Waals surface area contributed by atoms with Gasteiger partial charge in [0.15, 0.2) is 0 Å². The Hall–Kier alpha value is -1.49. The topological polar surface area (TPSA) is 23.6 Å². The average molecular weight is 375 g/mol. The number of aryl methyl sites for hydroxylation is 1.